The highest BCUT2D eigenvalue weighted by molar-refractivity contribution is 5.95. The van der Waals surface area contributed by atoms with E-state index < -0.39 is 0 Å². The molecule has 1 heteroatoms. The number of rotatable bonds is 5. The molecule has 5 aromatic carbocycles. The second-order valence-corrected chi connectivity index (χ2v) is 17.6. The number of hydrogen-bond acceptors (Lipinski definition) is 1. The van der Waals surface area contributed by atoms with Crippen molar-refractivity contribution in [3.05, 3.63) is 137 Å². The van der Waals surface area contributed by atoms with E-state index >= 15 is 0 Å². The molecule has 0 saturated heterocycles. The Kier molecular flexibility index (Phi) is 6.88. The summed E-state index contributed by atoms with van der Waals surface area (Å²) in [5, 5.41) is 0. The van der Waals surface area contributed by atoms with Gasteiger partial charge in [0.15, 0.2) is 0 Å². The average molecular weight is 654 g/mol. The predicted molar refractivity (Wildman–Crippen MR) is 210 cm³/mol. The number of anilines is 3. The zero-order valence-electron chi connectivity index (χ0n) is 30.4. The molecule has 2 bridgehead atoms. The molecule has 0 radical (unpaired) electrons. The topological polar surface area (TPSA) is 3.24 Å². The van der Waals surface area contributed by atoms with Crippen LogP contribution in [0.2, 0.25) is 0 Å². The number of nitrogens with zero attached hydrogens (tertiary/aromatic N) is 1. The SMILES string of the molecule is CC1(C)c2cc(N(c3ccc(C4CCCCC4)cc3)c3ccc(C4CC5CCC4C5)cc3)ccc2-c2c1ccc1c2C(C)(C)c2ccccc2-1. The van der Waals surface area contributed by atoms with Crippen molar-refractivity contribution in [2.45, 2.75) is 108 Å². The highest BCUT2D eigenvalue weighted by atomic mass is 15.1. The number of fused-ring (bicyclic) bond motifs is 9. The van der Waals surface area contributed by atoms with Crippen molar-refractivity contribution in [1.29, 1.82) is 0 Å². The Hall–Kier alpha value is -4.10. The highest BCUT2D eigenvalue weighted by Crippen LogP contribution is 2.60. The summed E-state index contributed by atoms with van der Waals surface area (Å²) in [5.41, 5.74) is 18.2. The fourth-order valence-electron chi connectivity index (χ4n) is 11.5. The van der Waals surface area contributed by atoms with E-state index in [4.69, 9.17) is 0 Å². The molecule has 3 unspecified atom stereocenters. The van der Waals surface area contributed by atoms with Gasteiger partial charge in [0.1, 0.15) is 0 Å². The molecule has 0 N–H and O–H groups in total. The Morgan fingerprint density at radius 3 is 1.90 bits per heavy atom. The molecule has 5 aliphatic rings. The van der Waals surface area contributed by atoms with Crippen molar-refractivity contribution in [3.8, 4) is 22.3 Å². The molecule has 5 aliphatic carbocycles. The molecule has 0 heterocycles. The van der Waals surface area contributed by atoms with Crippen LogP contribution < -0.4 is 4.90 Å². The summed E-state index contributed by atoms with van der Waals surface area (Å²) in [6.45, 7) is 9.74. The van der Waals surface area contributed by atoms with Crippen LogP contribution in [0.15, 0.2) is 103 Å². The van der Waals surface area contributed by atoms with Crippen LogP contribution in [0.3, 0.4) is 0 Å². The third-order valence-corrected chi connectivity index (χ3v) is 14.1. The molecule has 1 nitrogen and oxygen atoms in total. The highest BCUT2D eigenvalue weighted by Gasteiger charge is 2.45. The Labute approximate surface area is 299 Å². The fourth-order valence-corrected chi connectivity index (χ4v) is 11.5. The predicted octanol–water partition coefficient (Wildman–Crippen LogP) is 13.7. The first-order valence-electron chi connectivity index (χ1n) is 19.7. The van der Waals surface area contributed by atoms with Crippen molar-refractivity contribution >= 4 is 17.1 Å². The monoisotopic (exact) mass is 653 g/mol. The molecule has 3 atom stereocenters. The lowest BCUT2D eigenvalue weighted by molar-refractivity contribution is 0.420. The maximum atomic E-state index is 2.53. The van der Waals surface area contributed by atoms with Gasteiger partial charge in [0, 0.05) is 27.9 Å². The van der Waals surface area contributed by atoms with E-state index in [1.54, 1.807) is 5.56 Å². The summed E-state index contributed by atoms with van der Waals surface area (Å²) in [7, 11) is 0. The van der Waals surface area contributed by atoms with Crippen LogP contribution in [0.25, 0.3) is 22.3 Å². The van der Waals surface area contributed by atoms with E-state index in [1.807, 2.05) is 0 Å². The van der Waals surface area contributed by atoms with Gasteiger partial charge >= 0.3 is 0 Å². The van der Waals surface area contributed by atoms with Gasteiger partial charge in [0.05, 0.1) is 0 Å². The maximum absolute atomic E-state index is 2.53. The van der Waals surface area contributed by atoms with Gasteiger partial charge < -0.3 is 4.90 Å². The van der Waals surface area contributed by atoms with Crippen molar-refractivity contribution in [2.24, 2.45) is 11.8 Å². The van der Waals surface area contributed by atoms with Gasteiger partial charge in [0.2, 0.25) is 0 Å². The van der Waals surface area contributed by atoms with Crippen molar-refractivity contribution in [1.82, 2.24) is 0 Å². The molecular weight excluding hydrogens is 603 g/mol. The van der Waals surface area contributed by atoms with E-state index in [1.165, 1.54) is 125 Å². The van der Waals surface area contributed by atoms with Gasteiger partial charge in [-0.1, -0.05) is 120 Å². The molecule has 10 rings (SSSR count). The van der Waals surface area contributed by atoms with Gasteiger partial charge in [-0.2, -0.15) is 0 Å². The zero-order chi connectivity index (χ0) is 33.8. The van der Waals surface area contributed by atoms with E-state index in [0.29, 0.717) is 5.92 Å². The molecule has 50 heavy (non-hydrogen) atoms. The lowest BCUT2D eigenvalue weighted by Crippen LogP contribution is -2.18. The molecule has 0 spiro atoms. The maximum Gasteiger partial charge on any atom is 0.0465 e. The second-order valence-electron chi connectivity index (χ2n) is 17.6. The number of hydrogen-bond donors (Lipinski definition) is 0. The molecule has 252 valence electrons. The smallest absolute Gasteiger partial charge is 0.0465 e. The molecule has 0 aliphatic heterocycles. The van der Waals surface area contributed by atoms with Crippen LogP contribution in [0.4, 0.5) is 17.1 Å². The minimum absolute atomic E-state index is 0.0414. The minimum Gasteiger partial charge on any atom is -0.310 e. The summed E-state index contributed by atoms with van der Waals surface area (Å²) in [6.07, 6.45) is 12.5. The molecule has 0 amide bonds. The summed E-state index contributed by atoms with van der Waals surface area (Å²) in [5.74, 6) is 3.32. The molecular formula is C49H51N. The van der Waals surface area contributed by atoms with Crippen LogP contribution in [0.5, 0.6) is 0 Å². The van der Waals surface area contributed by atoms with Gasteiger partial charge in [-0.05, 0) is 148 Å². The van der Waals surface area contributed by atoms with Crippen molar-refractivity contribution in [3.63, 3.8) is 0 Å². The molecule has 3 saturated carbocycles. The summed E-state index contributed by atoms with van der Waals surface area (Å²) in [6, 6.07) is 40.7. The third-order valence-electron chi connectivity index (χ3n) is 14.1. The molecule has 5 aromatic rings. The standard InChI is InChI=1S/C49H51N/c1-48(2)44-27-26-40-39-12-8-9-13-43(39)49(3,4)47(40)46(44)41-25-24-38(30-45(41)48)50(36-20-16-33(17-21-36)32-10-6-5-7-11-32)37-22-18-34(19-23-37)42-29-31-14-15-35(42)28-31/h8-9,12-13,16-27,30-32,35,42H,5-7,10-11,14-15,28-29H2,1-4H3. The first kappa shape index (κ1) is 30.7. The second kappa shape index (κ2) is 11.2. The number of benzene rings is 5. The Morgan fingerprint density at radius 1 is 0.520 bits per heavy atom. The Balaban J connectivity index is 1.08. The van der Waals surface area contributed by atoms with Gasteiger partial charge in [-0.3, -0.25) is 0 Å². The van der Waals surface area contributed by atoms with Crippen LogP contribution >= 0.6 is 0 Å². The fraction of sp³-hybridized carbons (Fsp3) is 0.388. The quantitative estimate of drug-likeness (QED) is 0.182. The summed E-state index contributed by atoms with van der Waals surface area (Å²) < 4.78 is 0. The Bertz CT molecular complexity index is 2110. The van der Waals surface area contributed by atoms with Crippen LogP contribution in [-0.4, -0.2) is 0 Å². The van der Waals surface area contributed by atoms with E-state index in [-0.39, 0.29) is 10.8 Å². The lowest BCUT2D eigenvalue weighted by atomic mass is 9.77. The molecule has 0 aromatic heterocycles. The van der Waals surface area contributed by atoms with Crippen LogP contribution in [0, 0.1) is 11.8 Å². The zero-order valence-corrected chi connectivity index (χ0v) is 30.4. The normalized spacial score (nSPS) is 23.7. The van der Waals surface area contributed by atoms with Crippen molar-refractivity contribution < 1.29 is 0 Å². The van der Waals surface area contributed by atoms with E-state index in [2.05, 4.69) is 136 Å². The largest absolute Gasteiger partial charge is 0.310 e. The van der Waals surface area contributed by atoms with E-state index in [0.717, 1.165) is 17.8 Å². The minimum atomic E-state index is -0.0945. The average Bonchev–Trinajstić information content (AvgIpc) is 3.90. The van der Waals surface area contributed by atoms with Gasteiger partial charge in [-0.25, -0.2) is 0 Å². The van der Waals surface area contributed by atoms with Crippen LogP contribution in [-0.2, 0) is 10.8 Å². The lowest BCUT2D eigenvalue weighted by Gasteiger charge is -2.29. The Morgan fingerprint density at radius 2 is 1.20 bits per heavy atom. The van der Waals surface area contributed by atoms with Crippen LogP contribution in [0.1, 0.15) is 131 Å². The first-order valence-corrected chi connectivity index (χ1v) is 19.7. The summed E-state index contributed by atoms with van der Waals surface area (Å²) >= 11 is 0. The third kappa shape index (κ3) is 4.51. The first-order chi connectivity index (χ1) is 24.3. The molecule has 3 fully saturated rings. The summed E-state index contributed by atoms with van der Waals surface area (Å²) in [4.78, 5) is 2.53. The van der Waals surface area contributed by atoms with E-state index in [9.17, 15) is 0 Å². The van der Waals surface area contributed by atoms with Gasteiger partial charge in [-0.15, -0.1) is 0 Å². The van der Waals surface area contributed by atoms with Gasteiger partial charge in [0.25, 0.3) is 0 Å². The van der Waals surface area contributed by atoms with Crippen molar-refractivity contribution in [2.75, 3.05) is 4.90 Å².